The molecule has 1 unspecified atom stereocenters. The Morgan fingerprint density at radius 1 is 1.03 bits per heavy atom. The summed E-state index contributed by atoms with van der Waals surface area (Å²) in [4.78, 5) is 13.1. The average molecular weight is 511 g/mol. The van der Waals surface area contributed by atoms with Crippen molar-refractivity contribution in [1.29, 1.82) is 0 Å². The van der Waals surface area contributed by atoms with E-state index in [1.807, 2.05) is 45.0 Å². The van der Waals surface area contributed by atoms with Gasteiger partial charge in [0.25, 0.3) is 15.9 Å². The van der Waals surface area contributed by atoms with E-state index in [1.165, 1.54) is 23.5 Å². The molecule has 0 radical (unpaired) electrons. The minimum Gasteiger partial charge on any atom is -0.497 e. The van der Waals surface area contributed by atoms with E-state index in [0.717, 1.165) is 22.4 Å². The third kappa shape index (κ3) is 5.41. The van der Waals surface area contributed by atoms with Crippen LogP contribution in [-0.4, -0.2) is 47.2 Å². The molecular weight excluding hydrogens is 480 g/mol. The smallest absolute Gasteiger partial charge is 0.264 e. The monoisotopic (exact) mass is 510 g/mol. The zero-order valence-corrected chi connectivity index (χ0v) is 21.6. The van der Waals surface area contributed by atoms with E-state index in [0.29, 0.717) is 17.2 Å². The molecule has 9 heteroatoms. The molecule has 0 bridgehead atoms. The number of nitrogens with one attached hydrogen (secondary N) is 1. The molecular formula is C27H30N2O6S. The summed E-state index contributed by atoms with van der Waals surface area (Å²) in [6, 6.07) is 17.3. The van der Waals surface area contributed by atoms with Crippen LogP contribution < -0.4 is 23.8 Å². The number of ether oxygens (including phenoxy) is 3. The van der Waals surface area contributed by atoms with Gasteiger partial charge in [-0.25, -0.2) is 8.42 Å². The van der Waals surface area contributed by atoms with Crippen molar-refractivity contribution >= 4 is 21.6 Å². The molecule has 0 aromatic heterocycles. The number of methoxy groups -OCH3 is 1. The third-order valence-electron chi connectivity index (χ3n) is 5.91. The lowest BCUT2D eigenvalue weighted by molar-refractivity contribution is -0.127. The van der Waals surface area contributed by atoms with Crippen molar-refractivity contribution in [3.05, 3.63) is 77.4 Å². The summed E-state index contributed by atoms with van der Waals surface area (Å²) in [5.41, 5.74) is 3.43. The zero-order valence-electron chi connectivity index (χ0n) is 20.8. The second-order valence-electron chi connectivity index (χ2n) is 8.70. The number of amides is 1. The van der Waals surface area contributed by atoms with Crippen molar-refractivity contribution in [3.8, 4) is 17.2 Å². The predicted octanol–water partition coefficient (Wildman–Crippen LogP) is 3.77. The number of sulfonamides is 1. The first kappa shape index (κ1) is 25.4. The van der Waals surface area contributed by atoms with Crippen LogP contribution in [-0.2, 0) is 14.8 Å². The minimum atomic E-state index is -3.96. The fraction of sp³-hybridized carbons (Fsp3) is 0.296. The lowest BCUT2D eigenvalue weighted by Gasteiger charge is -2.35. The first-order chi connectivity index (χ1) is 17.2. The van der Waals surface area contributed by atoms with Crippen molar-refractivity contribution in [3.63, 3.8) is 0 Å². The molecule has 1 heterocycles. The number of carbonyl (C=O) groups is 1. The van der Waals surface area contributed by atoms with Crippen LogP contribution in [0.15, 0.2) is 65.6 Å². The van der Waals surface area contributed by atoms with Crippen LogP contribution in [0.2, 0.25) is 0 Å². The molecule has 0 saturated carbocycles. The highest BCUT2D eigenvalue weighted by molar-refractivity contribution is 7.92. The highest BCUT2D eigenvalue weighted by Crippen LogP contribution is 2.38. The molecule has 1 aliphatic heterocycles. The molecule has 1 aliphatic rings. The van der Waals surface area contributed by atoms with Gasteiger partial charge >= 0.3 is 0 Å². The SMILES string of the molecule is COc1ccc(S(=O)(=O)N2CC(C(=O)NCCOc3ccc(C)cc3C)Oc3ccc(C)cc32)cc1. The Kier molecular flexibility index (Phi) is 7.40. The van der Waals surface area contributed by atoms with Gasteiger partial charge in [-0.3, -0.25) is 9.10 Å². The molecule has 0 saturated heterocycles. The molecule has 0 aliphatic carbocycles. The van der Waals surface area contributed by atoms with Gasteiger partial charge in [-0.05, 0) is 74.4 Å². The summed E-state index contributed by atoms with van der Waals surface area (Å²) >= 11 is 0. The zero-order chi connectivity index (χ0) is 25.9. The predicted molar refractivity (Wildman–Crippen MR) is 138 cm³/mol. The fourth-order valence-electron chi connectivity index (χ4n) is 4.01. The van der Waals surface area contributed by atoms with Gasteiger partial charge in [0.05, 0.1) is 30.8 Å². The summed E-state index contributed by atoms with van der Waals surface area (Å²) in [5, 5.41) is 2.80. The lowest BCUT2D eigenvalue weighted by Crippen LogP contribution is -2.51. The second kappa shape index (κ2) is 10.5. The van der Waals surface area contributed by atoms with Gasteiger partial charge in [-0.1, -0.05) is 23.8 Å². The number of hydrogen-bond donors (Lipinski definition) is 1. The fourth-order valence-corrected chi connectivity index (χ4v) is 5.48. The Labute approximate surface area is 211 Å². The summed E-state index contributed by atoms with van der Waals surface area (Å²) in [6.45, 7) is 6.21. The van der Waals surface area contributed by atoms with Gasteiger partial charge in [0.2, 0.25) is 0 Å². The molecule has 3 aromatic rings. The van der Waals surface area contributed by atoms with Crippen LogP contribution in [0, 0.1) is 20.8 Å². The second-order valence-corrected chi connectivity index (χ2v) is 10.6. The summed E-state index contributed by atoms with van der Waals surface area (Å²) in [6.07, 6.45) is -1.02. The van der Waals surface area contributed by atoms with E-state index in [1.54, 1.807) is 24.3 Å². The maximum atomic E-state index is 13.6. The molecule has 8 nitrogen and oxygen atoms in total. The van der Waals surface area contributed by atoms with E-state index < -0.39 is 22.0 Å². The molecule has 1 amide bonds. The summed E-state index contributed by atoms with van der Waals surface area (Å²) < 4.78 is 45.2. The van der Waals surface area contributed by atoms with Crippen molar-refractivity contribution < 1.29 is 27.4 Å². The highest BCUT2D eigenvalue weighted by atomic mass is 32.2. The number of hydrogen-bond acceptors (Lipinski definition) is 6. The standard InChI is InChI=1S/C27H30N2O6S/c1-18-5-11-24(20(3)15-18)34-14-13-28-27(30)26-17-29(23-16-19(2)6-12-25(23)35-26)36(31,32)22-9-7-21(33-4)8-10-22/h5-12,15-16,26H,13-14,17H2,1-4H3,(H,28,30). The lowest BCUT2D eigenvalue weighted by atomic mass is 10.1. The Hall–Kier alpha value is -3.72. The third-order valence-corrected chi connectivity index (χ3v) is 7.71. The van der Waals surface area contributed by atoms with Crippen LogP contribution >= 0.6 is 0 Å². The Morgan fingerprint density at radius 3 is 2.42 bits per heavy atom. The van der Waals surface area contributed by atoms with E-state index >= 15 is 0 Å². The first-order valence-electron chi connectivity index (χ1n) is 11.6. The highest BCUT2D eigenvalue weighted by Gasteiger charge is 2.37. The van der Waals surface area contributed by atoms with Gasteiger partial charge in [-0.15, -0.1) is 0 Å². The number of anilines is 1. The van der Waals surface area contributed by atoms with Crippen molar-refractivity contribution in [2.75, 3.05) is 31.1 Å². The van der Waals surface area contributed by atoms with Gasteiger partial charge in [0, 0.05) is 0 Å². The summed E-state index contributed by atoms with van der Waals surface area (Å²) in [5.74, 6) is 1.22. The van der Waals surface area contributed by atoms with Crippen LogP contribution in [0.1, 0.15) is 16.7 Å². The van der Waals surface area contributed by atoms with Gasteiger partial charge < -0.3 is 19.5 Å². The van der Waals surface area contributed by atoms with E-state index in [2.05, 4.69) is 5.32 Å². The van der Waals surface area contributed by atoms with Crippen molar-refractivity contribution in [2.45, 2.75) is 31.8 Å². The average Bonchev–Trinajstić information content (AvgIpc) is 2.86. The number of fused-ring (bicyclic) bond motifs is 1. The molecule has 1 N–H and O–H groups in total. The normalized spacial score (nSPS) is 15.0. The molecule has 190 valence electrons. The largest absolute Gasteiger partial charge is 0.497 e. The number of aryl methyl sites for hydroxylation is 3. The van der Waals surface area contributed by atoms with Crippen LogP contribution in [0.25, 0.3) is 0 Å². The quantitative estimate of drug-likeness (QED) is 0.464. The topological polar surface area (TPSA) is 94.2 Å². The Morgan fingerprint density at radius 2 is 1.72 bits per heavy atom. The Bertz CT molecular complexity index is 1360. The number of rotatable bonds is 8. The number of carbonyl (C=O) groups excluding carboxylic acids is 1. The summed E-state index contributed by atoms with van der Waals surface area (Å²) in [7, 11) is -2.45. The molecule has 3 aromatic carbocycles. The number of nitrogens with zero attached hydrogens (tertiary/aromatic N) is 1. The van der Waals surface area contributed by atoms with Crippen molar-refractivity contribution in [2.24, 2.45) is 0 Å². The maximum Gasteiger partial charge on any atom is 0.264 e. The first-order valence-corrected chi connectivity index (χ1v) is 13.0. The van der Waals surface area contributed by atoms with Gasteiger partial charge in [-0.2, -0.15) is 0 Å². The van der Waals surface area contributed by atoms with Crippen molar-refractivity contribution in [1.82, 2.24) is 5.32 Å². The molecule has 0 fully saturated rings. The molecule has 1 atom stereocenters. The minimum absolute atomic E-state index is 0.0960. The van der Waals surface area contributed by atoms with Gasteiger partial charge in [0.1, 0.15) is 23.9 Å². The molecule has 0 spiro atoms. The number of benzene rings is 3. The Balaban J connectivity index is 1.49. The van der Waals surface area contributed by atoms with Crippen LogP contribution in [0.3, 0.4) is 0 Å². The molecule has 4 rings (SSSR count). The van der Waals surface area contributed by atoms with E-state index in [4.69, 9.17) is 14.2 Å². The molecule has 36 heavy (non-hydrogen) atoms. The van der Waals surface area contributed by atoms with E-state index in [-0.39, 0.29) is 24.6 Å². The van der Waals surface area contributed by atoms with E-state index in [9.17, 15) is 13.2 Å². The van der Waals surface area contributed by atoms with Crippen LogP contribution in [0.5, 0.6) is 17.2 Å². The maximum absolute atomic E-state index is 13.6. The van der Waals surface area contributed by atoms with Crippen LogP contribution in [0.4, 0.5) is 5.69 Å². The van der Waals surface area contributed by atoms with Gasteiger partial charge in [0.15, 0.2) is 6.10 Å².